The van der Waals surface area contributed by atoms with Crippen LogP contribution in [0, 0.1) is 0 Å². The first-order valence-corrected chi connectivity index (χ1v) is 7.41. The second-order valence-electron chi connectivity index (χ2n) is 4.94. The fourth-order valence-corrected chi connectivity index (χ4v) is 2.90. The summed E-state index contributed by atoms with van der Waals surface area (Å²) in [4.78, 5) is 11.2. The van der Waals surface area contributed by atoms with Crippen LogP contribution >= 0.6 is 15.9 Å². The van der Waals surface area contributed by atoms with Gasteiger partial charge in [-0.2, -0.15) is 5.10 Å². The van der Waals surface area contributed by atoms with Gasteiger partial charge in [0.05, 0.1) is 24.4 Å². The fourth-order valence-electron chi connectivity index (χ4n) is 2.49. The van der Waals surface area contributed by atoms with Gasteiger partial charge < -0.3 is 4.74 Å². The molecule has 0 spiro atoms. The van der Waals surface area contributed by atoms with E-state index >= 15 is 0 Å². The van der Waals surface area contributed by atoms with Crippen molar-refractivity contribution in [2.45, 2.75) is 18.9 Å². The van der Waals surface area contributed by atoms with Crippen LogP contribution in [0.25, 0.3) is 0 Å². The van der Waals surface area contributed by atoms with Gasteiger partial charge in [0.1, 0.15) is 0 Å². The van der Waals surface area contributed by atoms with Crippen LogP contribution in [-0.4, -0.2) is 29.3 Å². The Morgan fingerprint density at radius 3 is 3.00 bits per heavy atom. The summed E-state index contributed by atoms with van der Waals surface area (Å²) in [5, 5.41) is 4.58. The van der Waals surface area contributed by atoms with Crippen molar-refractivity contribution in [1.82, 2.24) is 9.78 Å². The van der Waals surface area contributed by atoms with Gasteiger partial charge in [-0.1, -0.05) is 34.1 Å². The second kappa shape index (κ2) is 5.89. The van der Waals surface area contributed by atoms with Crippen LogP contribution in [0.3, 0.4) is 0 Å². The minimum Gasteiger partial charge on any atom is -0.381 e. The third-order valence-electron chi connectivity index (χ3n) is 3.55. The lowest BCUT2D eigenvalue weighted by molar-refractivity contribution is 0.112. The van der Waals surface area contributed by atoms with E-state index in [9.17, 15) is 4.79 Å². The molecule has 1 aromatic heterocycles. The first-order valence-electron chi connectivity index (χ1n) is 6.61. The van der Waals surface area contributed by atoms with Gasteiger partial charge in [-0.3, -0.25) is 9.48 Å². The smallest absolute Gasteiger partial charge is 0.153 e. The van der Waals surface area contributed by atoms with Gasteiger partial charge in [-0.25, -0.2) is 0 Å². The van der Waals surface area contributed by atoms with Crippen LogP contribution in [0.15, 0.2) is 34.9 Å². The molecule has 1 atom stereocenters. The van der Waals surface area contributed by atoms with Crippen molar-refractivity contribution in [3.8, 4) is 0 Å². The van der Waals surface area contributed by atoms with E-state index in [-0.39, 0.29) is 5.92 Å². The van der Waals surface area contributed by atoms with Crippen molar-refractivity contribution < 1.29 is 9.53 Å². The highest BCUT2D eigenvalue weighted by Crippen LogP contribution is 2.26. The summed E-state index contributed by atoms with van der Waals surface area (Å²) in [6.07, 6.45) is 3.64. The lowest BCUT2D eigenvalue weighted by Gasteiger charge is -2.05. The molecule has 4 nitrogen and oxygen atoms in total. The number of ether oxygens (including phenoxy) is 1. The summed E-state index contributed by atoms with van der Waals surface area (Å²) >= 11 is 3.53. The predicted octanol–water partition coefficient (Wildman–Crippen LogP) is 3.01. The highest BCUT2D eigenvalue weighted by molar-refractivity contribution is 9.10. The Morgan fingerprint density at radius 1 is 1.45 bits per heavy atom. The van der Waals surface area contributed by atoms with E-state index in [1.54, 1.807) is 0 Å². The number of carbonyl (C=O) groups is 1. The maximum absolute atomic E-state index is 11.2. The number of nitrogens with zero attached hydrogens (tertiary/aromatic N) is 2. The molecular weight excluding hydrogens is 320 g/mol. The van der Waals surface area contributed by atoms with E-state index in [2.05, 4.69) is 21.0 Å². The monoisotopic (exact) mass is 334 g/mol. The Morgan fingerprint density at radius 2 is 2.30 bits per heavy atom. The molecule has 1 aromatic carbocycles. The summed E-state index contributed by atoms with van der Waals surface area (Å²) in [5.41, 5.74) is 2.68. The minimum atomic E-state index is 0.246. The molecule has 2 heterocycles. The largest absolute Gasteiger partial charge is 0.381 e. The third-order valence-corrected chi connectivity index (χ3v) is 4.33. The lowest BCUT2D eigenvalue weighted by atomic mass is 10.0. The molecule has 104 valence electrons. The molecule has 1 unspecified atom stereocenters. The summed E-state index contributed by atoms with van der Waals surface area (Å²) in [6.45, 7) is 2.06. The lowest BCUT2D eigenvalue weighted by Crippen LogP contribution is -2.05. The summed E-state index contributed by atoms with van der Waals surface area (Å²) in [7, 11) is 0. The zero-order valence-corrected chi connectivity index (χ0v) is 12.5. The number of aromatic nitrogens is 2. The number of benzene rings is 1. The van der Waals surface area contributed by atoms with Crippen LogP contribution in [-0.2, 0) is 11.3 Å². The SMILES string of the molecule is O=Cc1cn(Cc2ccccc2Br)nc1C1CCOC1. The zero-order valence-electron chi connectivity index (χ0n) is 11.0. The van der Waals surface area contributed by atoms with E-state index < -0.39 is 0 Å². The Bertz CT molecular complexity index is 618. The molecular formula is C15H15BrN2O2. The summed E-state index contributed by atoms with van der Waals surface area (Å²) < 4.78 is 8.27. The van der Waals surface area contributed by atoms with Gasteiger partial charge in [0.2, 0.25) is 0 Å². The molecule has 3 rings (SSSR count). The molecule has 0 aliphatic carbocycles. The van der Waals surface area contributed by atoms with Gasteiger partial charge in [0.25, 0.3) is 0 Å². The van der Waals surface area contributed by atoms with E-state index in [4.69, 9.17) is 4.74 Å². The molecule has 1 saturated heterocycles. The minimum absolute atomic E-state index is 0.246. The molecule has 0 bridgehead atoms. The number of carbonyl (C=O) groups excluding carboxylic acids is 1. The predicted molar refractivity (Wildman–Crippen MR) is 79.0 cm³/mol. The van der Waals surface area contributed by atoms with Crippen LogP contribution in [0.5, 0.6) is 0 Å². The molecule has 2 aromatic rings. The molecule has 5 heteroatoms. The van der Waals surface area contributed by atoms with E-state index in [0.717, 1.165) is 35.0 Å². The van der Waals surface area contributed by atoms with E-state index in [1.165, 1.54) is 0 Å². The number of rotatable bonds is 4. The molecule has 1 aliphatic rings. The molecule has 0 radical (unpaired) electrons. The normalized spacial score (nSPS) is 18.4. The molecule has 0 amide bonds. The Kier molecular flexibility index (Phi) is 3.98. The summed E-state index contributed by atoms with van der Waals surface area (Å²) in [5.74, 6) is 0.246. The van der Waals surface area contributed by atoms with Crippen molar-refractivity contribution in [3.63, 3.8) is 0 Å². The number of aldehydes is 1. The van der Waals surface area contributed by atoms with Gasteiger partial charge in [-0.05, 0) is 18.1 Å². The Balaban J connectivity index is 1.87. The fraction of sp³-hybridized carbons (Fsp3) is 0.333. The second-order valence-corrected chi connectivity index (χ2v) is 5.79. The first-order chi connectivity index (χ1) is 9.78. The van der Waals surface area contributed by atoms with Crippen molar-refractivity contribution >= 4 is 22.2 Å². The van der Waals surface area contributed by atoms with Crippen LogP contribution in [0.4, 0.5) is 0 Å². The highest BCUT2D eigenvalue weighted by atomic mass is 79.9. The molecule has 1 fully saturated rings. The summed E-state index contributed by atoms with van der Waals surface area (Å²) in [6, 6.07) is 8.03. The third kappa shape index (κ3) is 2.69. The van der Waals surface area contributed by atoms with Gasteiger partial charge in [0, 0.05) is 23.2 Å². The number of halogens is 1. The zero-order chi connectivity index (χ0) is 13.9. The van der Waals surface area contributed by atoms with Gasteiger partial charge >= 0.3 is 0 Å². The van der Waals surface area contributed by atoms with Gasteiger partial charge in [0.15, 0.2) is 6.29 Å². The molecule has 0 saturated carbocycles. The quantitative estimate of drug-likeness (QED) is 0.807. The molecule has 0 N–H and O–H groups in total. The standard InChI is InChI=1S/C15H15BrN2O2/c16-14-4-2-1-3-11(14)7-18-8-13(9-19)15(17-18)12-5-6-20-10-12/h1-4,8-9,12H,5-7,10H2. The first kappa shape index (κ1) is 13.5. The number of hydrogen-bond acceptors (Lipinski definition) is 3. The Hall–Kier alpha value is -1.46. The molecule has 1 aliphatic heterocycles. The number of hydrogen-bond donors (Lipinski definition) is 0. The van der Waals surface area contributed by atoms with Crippen molar-refractivity contribution in [2.75, 3.05) is 13.2 Å². The van der Waals surface area contributed by atoms with Crippen molar-refractivity contribution in [2.24, 2.45) is 0 Å². The van der Waals surface area contributed by atoms with Gasteiger partial charge in [-0.15, -0.1) is 0 Å². The topological polar surface area (TPSA) is 44.1 Å². The average Bonchev–Trinajstić information content (AvgIpc) is 3.09. The van der Waals surface area contributed by atoms with E-state index in [1.807, 2.05) is 35.1 Å². The highest BCUT2D eigenvalue weighted by Gasteiger charge is 2.23. The van der Waals surface area contributed by atoms with E-state index in [0.29, 0.717) is 18.7 Å². The Labute approximate surface area is 125 Å². The van der Waals surface area contributed by atoms with Crippen LogP contribution in [0.2, 0.25) is 0 Å². The average molecular weight is 335 g/mol. The maximum atomic E-state index is 11.2. The maximum Gasteiger partial charge on any atom is 0.153 e. The van der Waals surface area contributed by atoms with Crippen molar-refractivity contribution in [1.29, 1.82) is 0 Å². The van der Waals surface area contributed by atoms with Crippen molar-refractivity contribution in [3.05, 3.63) is 51.8 Å². The van der Waals surface area contributed by atoms with Crippen LogP contribution in [0.1, 0.15) is 34.0 Å². The van der Waals surface area contributed by atoms with Crippen LogP contribution < -0.4 is 0 Å². The molecule has 20 heavy (non-hydrogen) atoms.